The Hall–Kier alpha value is -0.850. The minimum atomic E-state index is -0.178. The largest absolute Gasteiger partial charge is 0.207 e. The fraction of sp³-hybridized carbons (Fsp3) is 0.500. The number of rotatable bonds is 0. The molecule has 1 heteroatoms. The van der Waals surface area contributed by atoms with Crippen molar-refractivity contribution < 1.29 is 4.39 Å². The summed E-state index contributed by atoms with van der Waals surface area (Å²) in [7, 11) is 0. The van der Waals surface area contributed by atoms with E-state index in [2.05, 4.69) is 0 Å². The van der Waals surface area contributed by atoms with Gasteiger partial charge in [-0.2, -0.15) is 0 Å². The predicted octanol–water partition coefficient (Wildman–Crippen LogP) is 4.90. The van der Waals surface area contributed by atoms with Crippen LogP contribution in [0.1, 0.15) is 41.5 Å². The summed E-state index contributed by atoms with van der Waals surface area (Å²) in [5.41, 5.74) is 0. The van der Waals surface area contributed by atoms with Crippen LogP contribution in [-0.2, 0) is 0 Å². The van der Waals surface area contributed by atoms with E-state index >= 15 is 0 Å². The van der Waals surface area contributed by atoms with Crippen LogP contribution in [0.25, 0.3) is 0 Å². The maximum Gasteiger partial charge on any atom is 0.123 e. The van der Waals surface area contributed by atoms with Crippen LogP contribution in [0.4, 0.5) is 4.39 Å². The minimum absolute atomic E-state index is 0.178. The van der Waals surface area contributed by atoms with Crippen LogP contribution in [0.15, 0.2) is 30.3 Å². The number of benzene rings is 1. The van der Waals surface area contributed by atoms with Crippen molar-refractivity contribution in [2.24, 2.45) is 0 Å². The summed E-state index contributed by atoms with van der Waals surface area (Å²) in [5, 5.41) is 0. The van der Waals surface area contributed by atoms with Crippen molar-refractivity contribution in [2.45, 2.75) is 41.5 Å². The van der Waals surface area contributed by atoms with E-state index in [-0.39, 0.29) is 5.82 Å². The van der Waals surface area contributed by atoms with E-state index in [1.807, 2.05) is 41.5 Å². The van der Waals surface area contributed by atoms with Crippen molar-refractivity contribution in [1.29, 1.82) is 0 Å². The molecule has 1 rings (SSSR count). The summed E-state index contributed by atoms with van der Waals surface area (Å²) < 4.78 is 11.9. The number of hydrogen-bond donors (Lipinski definition) is 0. The van der Waals surface area contributed by atoms with Crippen molar-refractivity contribution >= 4 is 0 Å². The molecule has 0 aliphatic rings. The molecule has 0 heterocycles. The van der Waals surface area contributed by atoms with Crippen molar-refractivity contribution in [3.05, 3.63) is 36.1 Å². The second kappa shape index (κ2) is 22.5. The first-order valence-corrected chi connectivity index (χ1v) is 5.10. The zero-order chi connectivity index (χ0) is 11.1. The predicted molar refractivity (Wildman–Crippen MR) is 60.4 cm³/mol. The van der Waals surface area contributed by atoms with Gasteiger partial charge in [-0.3, -0.25) is 0 Å². The lowest BCUT2D eigenvalue weighted by Crippen LogP contribution is -1.63. The van der Waals surface area contributed by atoms with Crippen molar-refractivity contribution in [2.75, 3.05) is 0 Å². The molecule has 1 aromatic carbocycles. The summed E-state index contributed by atoms with van der Waals surface area (Å²) in [6, 6.07) is 7.94. The molecule has 0 radical (unpaired) electrons. The van der Waals surface area contributed by atoms with E-state index in [1.165, 1.54) is 12.1 Å². The van der Waals surface area contributed by atoms with Crippen LogP contribution >= 0.6 is 0 Å². The third kappa shape index (κ3) is 18.3. The molecule has 0 aromatic heterocycles. The Balaban J connectivity index is -0.000000144. The SMILES string of the molecule is CC.CC.CC.[19F]c1ccccc1. The van der Waals surface area contributed by atoms with Gasteiger partial charge in [0, 0.05) is 0 Å². The van der Waals surface area contributed by atoms with Crippen molar-refractivity contribution in [1.82, 2.24) is 0 Å². The van der Waals surface area contributed by atoms with E-state index in [0.717, 1.165) is 0 Å². The number of hydrogen-bond acceptors (Lipinski definition) is 0. The van der Waals surface area contributed by atoms with E-state index in [0.29, 0.717) is 0 Å². The molecule has 0 spiro atoms. The lowest BCUT2D eigenvalue weighted by molar-refractivity contribution is 0.628. The standard InChI is InChI=1S/C6H5F.3C2H6/c7-6-4-2-1-3-5-6;3*1-2/h1-5H;3*1-2H3/i7+0;;;. The second-order valence-electron chi connectivity index (χ2n) is 1.30. The summed E-state index contributed by atoms with van der Waals surface area (Å²) in [4.78, 5) is 0. The fourth-order valence-electron chi connectivity index (χ4n) is 0.415. The molecule has 78 valence electrons. The Labute approximate surface area is 82.8 Å². The van der Waals surface area contributed by atoms with Gasteiger partial charge in [0.15, 0.2) is 0 Å². The molecule has 13 heavy (non-hydrogen) atoms. The third-order valence-corrected chi connectivity index (χ3v) is 0.733. The highest BCUT2D eigenvalue weighted by Gasteiger charge is 1.77. The first-order chi connectivity index (χ1) is 6.39. The Morgan fingerprint density at radius 3 is 1.15 bits per heavy atom. The topological polar surface area (TPSA) is 0 Å². The maximum absolute atomic E-state index is 11.9. The average Bonchev–Trinajstić information content (AvgIpc) is 2.28. The Morgan fingerprint density at radius 1 is 0.692 bits per heavy atom. The third-order valence-electron chi connectivity index (χ3n) is 0.733. The maximum atomic E-state index is 11.9. The summed E-state index contributed by atoms with van der Waals surface area (Å²) in [6.07, 6.45) is 0. The highest BCUT2D eigenvalue weighted by molar-refractivity contribution is 5.02. The van der Waals surface area contributed by atoms with Crippen LogP contribution in [0, 0.1) is 5.82 Å². The van der Waals surface area contributed by atoms with Gasteiger partial charge < -0.3 is 0 Å². The lowest BCUT2D eigenvalue weighted by Gasteiger charge is -1.78. The lowest BCUT2D eigenvalue weighted by atomic mass is 10.4. The van der Waals surface area contributed by atoms with Crippen LogP contribution in [0.3, 0.4) is 0 Å². The quantitative estimate of drug-likeness (QED) is 0.540. The smallest absolute Gasteiger partial charge is 0.123 e. The number of halogens is 1. The molecule has 0 aliphatic carbocycles. The molecular weight excluding hydrogens is 163 g/mol. The molecule has 0 amide bonds. The van der Waals surface area contributed by atoms with Gasteiger partial charge in [0.2, 0.25) is 0 Å². The van der Waals surface area contributed by atoms with Crippen molar-refractivity contribution in [3.8, 4) is 0 Å². The van der Waals surface area contributed by atoms with Gasteiger partial charge in [-0.25, -0.2) is 4.39 Å². The minimum Gasteiger partial charge on any atom is -0.207 e. The van der Waals surface area contributed by atoms with Crippen molar-refractivity contribution in [3.63, 3.8) is 0 Å². The molecule has 0 N–H and O–H groups in total. The van der Waals surface area contributed by atoms with Gasteiger partial charge in [-0.05, 0) is 12.1 Å². The van der Waals surface area contributed by atoms with Crippen LogP contribution in [-0.4, -0.2) is 0 Å². The summed E-state index contributed by atoms with van der Waals surface area (Å²) in [5.74, 6) is -0.178. The van der Waals surface area contributed by atoms with Gasteiger partial charge >= 0.3 is 0 Å². The normalized spacial score (nSPS) is 6.08. The monoisotopic (exact) mass is 186 g/mol. The second-order valence-corrected chi connectivity index (χ2v) is 1.30. The molecule has 0 saturated heterocycles. The van der Waals surface area contributed by atoms with Gasteiger partial charge in [-0.1, -0.05) is 59.7 Å². The van der Waals surface area contributed by atoms with Crippen LogP contribution < -0.4 is 0 Å². The van der Waals surface area contributed by atoms with E-state index < -0.39 is 0 Å². The molecule has 0 fully saturated rings. The van der Waals surface area contributed by atoms with Gasteiger partial charge in [0.1, 0.15) is 5.82 Å². The van der Waals surface area contributed by atoms with Gasteiger partial charge in [0.05, 0.1) is 0 Å². The average molecular weight is 186 g/mol. The fourth-order valence-corrected chi connectivity index (χ4v) is 0.415. The first-order valence-electron chi connectivity index (χ1n) is 5.10. The molecule has 0 atom stereocenters. The molecule has 0 nitrogen and oxygen atoms in total. The van der Waals surface area contributed by atoms with Crippen LogP contribution in [0.5, 0.6) is 0 Å². The van der Waals surface area contributed by atoms with Gasteiger partial charge in [0.25, 0.3) is 0 Å². The molecule has 0 bridgehead atoms. The Morgan fingerprint density at radius 2 is 1.00 bits per heavy atom. The molecule has 1 aromatic rings. The summed E-state index contributed by atoms with van der Waals surface area (Å²) >= 11 is 0. The van der Waals surface area contributed by atoms with E-state index in [4.69, 9.17) is 0 Å². The molecule has 0 unspecified atom stereocenters. The summed E-state index contributed by atoms with van der Waals surface area (Å²) in [6.45, 7) is 12.0. The highest BCUT2D eigenvalue weighted by atomic mass is 19.1. The first kappa shape index (κ1) is 18.0. The zero-order valence-corrected chi connectivity index (χ0v) is 9.76. The highest BCUT2D eigenvalue weighted by Crippen LogP contribution is 1.91. The Bertz CT molecular complexity index is 135. The van der Waals surface area contributed by atoms with E-state index in [1.54, 1.807) is 18.2 Å². The molecule has 0 aliphatic heterocycles. The Kier molecular flexibility index (Phi) is 31.2. The van der Waals surface area contributed by atoms with Crippen LogP contribution in [0.2, 0.25) is 0 Å². The van der Waals surface area contributed by atoms with Gasteiger partial charge in [-0.15, -0.1) is 0 Å². The zero-order valence-electron chi connectivity index (χ0n) is 9.76. The van der Waals surface area contributed by atoms with E-state index in [9.17, 15) is 4.39 Å². The molecule has 0 saturated carbocycles. The molecular formula is C12H23F.